The Morgan fingerprint density at radius 1 is 1.22 bits per heavy atom. The van der Waals surface area contributed by atoms with E-state index in [9.17, 15) is 0 Å². The summed E-state index contributed by atoms with van der Waals surface area (Å²) in [4.78, 5) is 13.2. The smallest absolute Gasteiger partial charge is 0.132 e. The summed E-state index contributed by atoms with van der Waals surface area (Å²) in [5.74, 6) is 2.49. The fourth-order valence-corrected chi connectivity index (χ4v) is 2.16. The minimum Gasteiger partial charge on any atom is -0.373 e. The number of hydrogen-bond acceptors (Lipinski definition) is 6. The van der Waals surface area contributed by atoms with Gasteiger partial charge in [0.1, 0.15) is 17.5 Å². The van der Waals surface area contributed by atoms with E-state index >= 15 is 0 Å². The third-order valence-electron chi connectivity index (χ3n) is 2.46. The van der Waals surface area contributed by atoms with Crippen LogP contribution in [-0.4, -0.2) is 22.0 Å². The van der Waals surface area contributed by atoms with E-state index in [1.807, 2.05) is 27.0 Å². The van der Waals surface area contributed by atoms with Crippen LogP contribution in [0.2, 0.25) is 0 Å². The predicted molar refractivity (Wildman–Crippen MR) is 75.1 cm³/mol. The molecule has 2 aromatic rings. The van der Waals surface area contributed by atoms with Crippen molar-refractivity contribution in [1.29, 1.82) is 0 Å². The summed E-state index contributed by atoms with van der Waals surface area (Å²) in [5.41, 5.74) is 1.04. The highest BCUT2D eigenvalue weighted by Crippen LogP contribution is 2.13. The molecule has 0 saturated carbocycles. The lowest BCUT2D eigenvalue weighted by atomic mass is 10.4. The normalized spacial score (nSPS) is 10.4. The molecule has 0 spiro atoms. The average Bonchev–Trinajstić information content (AvgIpc) is 2.81. The molecule has 0 radical (unpaired) electrons. The van der Waals surface area contributed by atoms with E-state index in [0.29, 0.717) is 6.54 Å². The lowest BCUT2D eigenvalue weighted by Crippen LogP contribution is -2.06. The van der Waals surface area contributed by atoms with E-state index in [0.717, 1.165) is 34.6 Å². The second kappa shape index (κ2) is 5.77. The van der Waals surface area contributed by atoms with Gasteiger partial charge in [0.25, 0.3) is 0 Å². The minimum atomic E-state index is 0.688. The molecule has 6 heteroatoms. The third-order valence-corrected chi connectivity index (χ3v) is 3.28. The topological polar surface area (TPSA) is 62.7 Å². The van der Waals surface area contributed by atoms with Gasteiger partial charge in [0, 0.05) is 24.9 Å². The molecule has 5 nitrogen and oxygen atoms in total. The maximum atomic E-state index is 4.44. The Morgan fingerprint density at radius 2 is 2.00 bits per heavy atom. The van der Waals surface area contributed by atoms with E-state index in [-0.39, 0.29) is 0 Å². The molecule has 0 amide bonds. The maximum Gasteiger partial charge on any atom is 0.132 e. The summed E-state index contributed by atoms with van der Waals surface area (Å²) < 4.78 is 0. The van der Waals surface area contributed by atoms with Crippen molar-refractivity contribution in [3.63, 3.8) is 0 Å². The van der Waals surface area contributed by atoms with Crippen LogP contribution in [-0.2, 0) is 13.0 Å². The molecule has 0 bridgehead atoms. The van der Waals surface area contributed by atoms with Crippen molar-refractivity contribution in [3.05, 3.63) is 28.0 Å². The van der Waals surface area contributed by atoms with Gasteiger partial charge in [-0.05, 0) is 6.92 Å². The van der Waals surface area contributed by atoms with E-state index in [1.54, 1.807) is 11.3 Å². The van der Waals surface area contributed by atoms with Gasteiger partial charge in [-0.15, -0.1) is 11.3 Å². The van der Waals surface area contributed by atoms with Crippen LogP contribution in [0.15, 0.2) is 11.4 Å². The number of hydrogen-bond donors (Lipinski definition) is 2. The highest BCUT2D eigenvalue weighted by atomic mass is 32.1. The highest BCUT2D eigenvalue weighted by molar-refractivity contribution is 7.09. The fourth-order valence-electron chi connectivity index (χ4n) is 1.54. The van der Waals surface area contributed by atoms with Crippen LogP contribution < -0.4 is 10.6 Å². The van der Waals surface area contributed by atoms with Crippen LogP contribution in [0, 0.1) is 6.92 Å². The van der Waals surface area contributed by atoms with Gasteiger partial charge < -0.3 is 10.6 Å². The first-order chi connectivity index (χ1) is 8.71. The van der Waals surface area contributed by atoms with Crippen molar-refractivity contribution in [3.8, 4) is 0 Å². The Morgan fingerprint density at radius 3 is 2.61 bits per heavy atom. The zero-order valence-corrected chi connectivity index (χ0v) is 11.6. The van der Waals surface area contributed by atoms with Gasteiger partial charge in [0.2, 0.25) is 0 Å². The van der Waals surface area contributed by atoms with Gasteiger partial charge in [-0.25, -0.2) is 15.0 Å². The lowest BCUT2D eigenvalue weighted by molar-refractivity contribution is 0.930. The van der Waals surface area contributed by atoms with E-state index in [1.165, 1.54) is 0 Å². The molecule has 0 aliphatic carbocycles. The molecule has 2 heterocycles. The quantitative estimate of drug-likeness (QED) is 0.867. The van der Waals surface area contributed by atoms with Crippen LogP contribution in [0.5, 0.6) is 0 Å². The summed E-state index contributed by atoms with van der Waals surface area (Å²) in [5, 5.41) is 9.46. The van der Waals surface area contributed by atoms with Crippen molar-refractivity contribution in [2.75, 3.05) is 17.7 Å². The predicted octanol–water partition coefficient (Wildman–Crippen LogP) is 2.46. The molecule has 0 aliphatic rings. The number of nitrogens with one attached hydrogen (secondary N) is 2. The molecule has 0 saturated heterocycles. The monoisotopic (exact) mass is 263 g/mol. The zero-order valence-electron chi connectivity index (χ0n) is 10.8. The minimum absolute atomic E-state index is 0.688. The van der Waals surface area contributed by atoms with Crippen molar-refractivity contribution >= 4 is 23.0 Å². The Balaban J connectivity index is 2.08. The van der Waals surface area contributed by atoms with Crippen LogP contribution in [0.1, 0.15) is 23.4 Å². The molecule has 0 atom stereocenters. The first-order valence-corrected chi connectivity index (χ1v) is 6.79. The number of aromatic nitrogens is 3. The van der Waals surface area contributed by atoms with Crippen molar-refractivity contribution in [2.24, 2.45) is 0 Å². The molecule has 0 aliphatic heterocycles. The summed E-state index contributed by atoms with van der Waals surface area (Å²) >= 11 is 1.66. The Bertz CT molecular complexity index is 501. The molecular weight excluding hydrogens is 246 g/mol. The summed E-state index contributed by atoms with van der Waals surface area (Å²) in [6.07, 6.45) is 0.819. The van der Waals surface area contributed by atoms with Crippen LogP contribution in [0.4, 0.5) is 11.6 Å². The zero-order chi connectivity index (χ0) is 13.0. The van der Waals surface area contributed by atoms with E-state index in [4.69, 9.17) is 0 Å². The van der Waals surface area contributed by atoms with Crippen molar-refractivity contribution in [2.45, 2.75) is 26.8 Å². The lowest BCUT2D eigenvalue weighted by Gasteiger charge is -2.08. The Labute approximate surface area is 111 Å². The number of nitrogens with zero attached hydrogens (tertiary/aromatic N) is 3. The number of anilines is 2. The third kappa shape index (κ3) is 3.16. The standard InChI is InChI=1S/C12H17N5S/c1-4-10-16-11(13-3)5-12(17-10)14-6-9-7-18-8(2)15-9/h5,7H,4,6H2,1-3H3,(H2,13,14,16,17). The average molecular weight is 263 g/mol. The molecule has 0 aromatic carbocycles. The molecule has 0 unspecified atom stereocenters. The van der Waals surface area contributed by atoms with Crippen molar-refractivity contribution in [1.82, 2.24) is 15.0 Å². The number of aryl methyl sites for hydroxylation is 2. The van der Waals surface area contributed by atoms with E-state index < -0.39 is 0 Å². The second-order valence-corrected chi connectivity index (χ2v) is 4.93. The molecular formula is C12H17N5S. The summed E-state index contributed by atoms with van der Waals surface area (Å²) in [7, 11) is 1.86. The molecule has 2 N–H and O–H groups in total. The van der Waals surface area contributed by atoms with Crippen LogP contribution in [0.3, 0.4) is 0 Å². The largest absolute Gasteiger partial charge is 0.373 e. The summed E-state index contributed by atoms with van der Waals surface area (Å²) in [6.45, 7) is 4.74. The van der Waals surface area contributed by atoms with Gasteiger partial charge in [-0.3, -0.25) is 0 Å². The van der Waals surface area contributed by atoms with Gasteiger partial charge in [-0.2, -0.15) is 0 Å². The maximum absolute atomic E-state index is 4.44. The highest BCUT2D eigenvalue weighted by Gasteiger charge is 2.03. The molecule has 2 aromatic heterocycles. The summed E-state index contributed by atoms with van der Waals surface area (Å²) in [6, 6.07) is 1.90. The molecule has 2 rings (SSSR count). The first kappa shape index (κ1) is 12.8. The van der Waals surface area contributed by atoms with Crippen molar-refractivity contribution < 1.29 is 0 Å². The second-order valence-electron chi connectivity index (χ2n) is 3.87. The molecule has 96 valence electrons. The number of thiazole rings is 1. The van der Waals surface area contributed by atoms with Gasteiger partial charge >= 0.3 is 0 Å². The fraction of sp³-hybridized carbons (Fsp3) is 0.417. The molecule has 0 fully saturated rings. The van der Waals surface area contributed by atoms with Crippen LogP contribution in [0.25, 0.3) is 0 Å². The SMILES string of the molecule is CCc1nc(NC)cc(NCc2csc(C)n2)n1. The van der Waals surface area contributed by atoms with Gasteiger partial charge in [-0.1, -0.05) is 6.92 Å². The molecule has 18 heavy (non-hydrogen) atoms. The first-order valence-electron chi connectivity index (χ1n) is 5.92. The van der Waals surface area contributed by atoms with Crippen LogP contribution >= 0.6 is 11.3 Å². The Hall–Kier alpha value is -1.69. The van der Waals surface area contributed by atoms with E-state index in [2.05, 4.69) is 31.0 Å². The van der Waals surface area contributed by atoms with Gasteiger partial charge in [0.15, 0.2) is 0 Å². The number of rotatable bonds is 5. The van der Waals surface area contributed by atoms with Gasteiger partial charge in [0.05, 0.1) is 17.2 Å². The Kier molecular flexibility index (Phi) is 4.09.